The number of hydrogen-bond acceptors (Lipinski definition) is 2. The van der Waals surface area contributed by atoms with Crippen molar-refractivity contribution in [2.24, 2.45) is 0 Å². The predicted molar refractivity (Wildman–Crippen MR) is 89.4 cm³/mol. The molecular formula is C18H19NO2S. The number of rotatable bonds is 4. The SMILES string of the molecule is CS(=O)c1cccc(NC(=O)C2(c3ccccc3)CCC2)c1. The van der Waals surface area contributed by atoms with E-state index >= 15 is 0 Å². The van der Waals surface area contributed by atoms with Gasteiger partial charge < -0.3 is 5.32 Å². The third-order valence-electron chi connectivity index (χ3n) is 4.39. The van der Waals surface area contributed by atoms with Gasteiger partial charge in [0.2, 0.25) is 5.91 Å². The first-order valence-corrected chi connectivity index (χ1v) is 8.98. The van der Waals surface area contributed by atoms with Crippen LogP contribution in [0.5, 0.6) is 0 Å². The number of carbonyl (C=O) groups excluding carboxylic acids is 1. The Kier molecular flexibility index (Phi) is 4.12. The highest BCUT2D eigenvalue weighted by Gasteiger charge is 2.45. The van der Waals surface area contributed by atoms with Crippen LogP contribution < -0.4 is 5.32 Å². The normalized spacial score (nSPS) is 17.3. The van der Waals surface area contributed by atoms with E-state index in [4.69, 9.17) is 0 Å². The van der Waals surface area contributed by atoms with Crippen molar-refractivity contribution in [3.63, 3.8) is 0 Å². The van der Waals surface area contributed by atoms with Crippen molar-refractivity contribution in [1.29, 1.82) is 0 Å². The molecule has 3 nitrogen and oxygen atoms in total. The van der Waals surface area contributed by atoms with E-state index in [9.17, 15) is 9.00 Å². The Morgan fingerprint density at radius 1 is 1.09 bits per heavy atom. The highest BCUT2D eigenvalue weighted by Crippen LogP contribution is 2.44. The summed E-state index contributed by atoms with van der Waals surface area (Å²) in [6, 6.07) is 17.2. The maximum absolute atomic E-state index is 12.8. The Labute approximate surface area is 133 Å². The van der Waals surface area contributed by atoms with Crippen LogP contribution >= 0.6 is 0 Å². The zero-order valence-electron chi connectivity index (χ0n) is 12.5. The molecule has 1 atom stereocenters. The molecule has 3 rings (SSSR count). The summed E-state index contributed by atoms with van der Waals surface area (Å²) in [4.78, 5) is 13.5. The second-order valence-corrected chi connectivity index (χ2v) is 7.12. The van der Waals surface area contributed by atoms with Crippen LogP contribution in [0.15, 0.2) is 59.5 Å². The second-order valence-electron chi connectivity index (χ2n) is 5.74. The standard InChI is InChI=1S/C18H19NO2S/c1-22(21)16-10-5-9-15(13-16)19-17(20)18(11-6-12-18)14-7-3-2-4-8-14/h2-5,7-10,13H,6,11-12H2,1H3,(H,19,20). The fourth-order valence-corrected chi connectivity index (χ4v) is 3.50. The molecule has 0 radical (unpaired) electrons. The van der Waals surface area contributed by atoms with Gasteiger partial charge in [-0.1, -0.05) is 42.8 Å². The number of anilines is 1. The van der Waals surface area contributed by atoms with E-state index in [-0.39, 0.29) is 5.91 Å². The number of nitrogens with one attached hydrogen (secondary N) is 1. The van der Waals surface area contributed by atoms with Gasteiger partial charge in [-0.15, -0.1) is 0 Å². The van der Waals surface area contributed by atoms with Crippen molar-refractivity contribution in [2.45, 2.75) is 29.6 Å². The number of hydrogen-bond donors (Lipinski definition) is 1. The molecule has 0 spiro atoms. The van der Waals surface area contributed by atoms with Gasteiger partial charge in [0.1, 0.15) is 0 Å². The van der Waals surface area contributed by atoms with E-state index in [0.717, 1.165) is 29.7 Å². The first-order valence-electron chi connectivity index (χ1n) is 7.42. The first-order chi connectivity index (χ1) is 10.6. The lowest BCUT2D eigenvalue weighted by Gasteiger charge is -2.40. The average Bonchev–Trinajstić information content (AvgIpc) is 2.47. The summed E-state index contributed by atoms with van der Waals surface area (Å²) in [6.07, 6.45) is 4.46. The summed E-state index contributed by atoms with van der Waals surface area (Å²) in [5, 5.41) is 3.01. The van der Waals surface area contributed by atoms with E-state index < -0.39 is 16.2 Å². The van der Waals surface area contributed by atoms with Gasteiger partial charge in [-0.2, -0.15) is 0 Å². The van der Waals surface area contributed by atoms with Gasteiger partial charge in [-0.05, 0) is 36.6 Å². The fourth-order valence-electron chi connectivity index (χ4n) is 2.94. The summed E-state index contributed by atoms with van der Waals surface area (Å²) in [7, 11) is -1.05. The van der Waals surface area contributed by atoms with Gasteiger partial charge in [0.15, 0.2) is 0 Å². The molecule has 22 heavy (non-hydrogen) atoms. The molecule has 1 aliphatic rings. The summed E-state index contributed by atoms with van der Waals surface area (Å²) in [5.74, 6) is 0.0315. The maximum atomic E-state index is 12.8. The van der Waals surface area contributed by atoms with E-state index in [2.05, 4.69) is 5.32 Å². The van der Waals surface area contributed by atoms with Crippen LogP contribution in [0, 0.1) is 0 Å². The summed E-state index contributed by atoms with van der Waals surface area (Å²) in [6.45, 7) is 0. The molecule has 0 heterocycles. The molecule has 1 unspecified atom stereocenters. The molecule has 1 fully saturated rings. The van der Waals surface area contributed by atoms with Crippen molar-refractivity contribution in [2.75, 3.05) is 11.6 Å². The van der Waals surface area contributed by atoms with Crippen molar-refractivity contribution in [1.82, 2.24) is 0 Å². The van der Waals surface area contributed by atoms with Crippen LogP contribution in [-0.4, -0.2) is 16.4 Å². The Morgan fingerprint density at radius 3 is 2.41 bits per heavy atom. The van der Waals surface area contributed by atoms with Gasteiger partial charge in [-0.25, -0.2) is 0 Å². The minimum absolute atomic E-state index is 0.0315. The Balaban J connectivity index is 1.84. The topological polar surface area (TPSA) is 46.2 Å². The van der Waals surface area contributed by atoms with Crippen molar-refractivity contribution in [3.8, 4) is 0 Å². The van der Waals surface area contributed by atoms with Crippen LogP contribution in [-0.2, 0) is 21.0 Å². The highest BCUT2D eigenvalue weighted by molar-refractivity contribution is 7.84. The van der Waals surface area contributed by atoms with Gasteiger partial charge in [0.05, 0.1) is 5.41 Å². The fraction of sp³-hybridized carbons (Fsp3) is 0.278. The number of amides is 1. The minimum Gasteiger partial charge on any atom is -0.325 e. The van der Waals surface area contributed by atoms with E-state index in [0.29, 0.717) is 5.69 Å². The molecule has 1 aliphatic carbocycles. The molecule has 0 aromatic heterocycles. The maximum Gasteiger partial charge on any atom is 0.235 e. The quantitative estimate of drug-likeness (QED) is 0.939. The van der Waals surface area contributed by atoms with Crippen LogP contribution in [0.2, 0.25) is 0 Å². The van der Waals surface area contributed by atoms with Gasteiger partial charge >= 0.3 is 0 Å². The Hall–Kier alpha value is -1.94. The Bertz CT molecular complexity index is 708. The summed E-state index contributed by atoms with van der Waals surface area (Å²) >= 11 is 0. The lowest BCUT2D eigenvalue weighted by molar-refractivity contribution is -0.124. The van der Waals surface area contributed by atoms with Gasteiger partial charge in [-0.3, -0.25) is 9.00 Å². The summed E-state index contributed by atoms with van der Waals surface area (Å²) < 4.78 is 11.6. The van der Waals surface area contributed by atoms with Crippen molar-refractivity contribution < 1.29 is 9.00 Å². The lowest BCUT2D eigenvalue weighted by Crippen LogP contribution is -2.45. The van der Waals surface area contributed by atoms with Crippen molar-refractivity contribution in [3.05, 3.63) is 60.2 Å². The van der Waals surface area contributed by atoms with Crippen LogP contribution in [0.25, 0.3) is 0 Å². The molecule has 2 aromatic carbocycles. The minimum atomic E-state index is -1.05. The lowest BCUT2D eigenvalue weighted by atomic mass is 9.64. The zero-order valence-corrected chi connectivity index (χ0v) is 13.4. The number of benzene rings is 2. The zero-order chi connectivity index (χ0) is 15.6. The Morgan fingerprint density at radius 2 is 1.82 bits per heavy atom. The highest BCUT2D eigenvalue weighted by atomic mass is 32.2. The van der Waals surface area contributed by atoms with Gasteiger partial charge in [0.25, 0.3) is 0 Å². The molecule has 1 amide bonds. The van der Waals surface area contributed by atoms with Crippen LogP contribution in [0.3, 0.4) is 0 Å². The smallest absolute Gasteiger partial charge is 0.235 e. The van der Waals surface area contributed by atoms with Crippen LogP contribution in [0.4, 0.5) is 5.69 Å². The average molecular weight is 313 g/mol. The van der Waals surface area contributed by atoms with E-state index in [1.54, 1.807) is 12.3 Å². The molecule has 0 bridgehead atoms. The summed E-state index contributed by atoms with van der Waals surface area (Å²) in [5.41, 5.74) is 1.37. The molecule has 0 aliphatic heterocycles. The largest absolute Gasteiger partial charge is 0.325 e. The molecule has 114 valence electrons. The van der Waals surface area contributed by atoms with E-state index in [1.807, 2.05) is 48.5 Å². The third-order valence-corrected chi connectivity index (χ3v) is 5.31. The molecule has 1 saturated carbocycles. The molecule has 2 aromatic rings. The number of carbonyl (C=O) groups is 1. The molecule has 4 heteroatoms. The van der Waals surface area contributed by atoms with E-state index in [1.165, 1.54) is 0 Å². The first kappa shape index (κ1) is 15.0. The van der Waals surface area contributed by atoms with Crippen LogP contribution in [0.1, 0.15) is 24.8 Å². The third kappa shape index (κ3) is 2.71. The molecule has 0 saturated heterocycles. The second kappa shape index (κ2) is 6.05. The predicted octanol–water partition coefficient (Wildman–Crippen LogP) is 3.48. The van der Waals surface area contributed by atoms with Crippen molar-refractivity contribution >= 4 is 22.4 Å². The van der Waals surface area contributed by atoms with Gasteiger partial charge in [0, 0.05) is 27.6 Å². The molecule has 1 N–H and O–H groups in total. The molecular weight excluding hydrogens is 294 g/mol. The monoisotopic (exact) mass is 313 g/mol.